The van der Waals surface area contributed by atoms with Gasteiger partial charge >= 0.3 is 0 Å². The Bertz CT molecular complexity index is 1170. The third-order valence-corrected chi connectivity index (χ3v) is 5.38. The molecule has 162 valence electrons. The Morgan fingerprint density at radius 2 is 1.62 bits per heavy atom. The van der Waals surface area contributed by atoms with E-state index in [0.717, 1.165) is 5.69 Å². The SMILES string of the molecule is COCc1nnc(SCC(=O)Nc2ccccc2Oc2ccccc2)n1-c1ccccc1. The van der Waals surface area contributed by atoms with Crippen molar-refractivity contribution < 1.29 is 14.3 Å². The summed E-state index contributed by atoms with van der Waals surface area (Å²) < 4.78 is 13.1. The number of aromatic nitrogens is 3. The van der Waals surface area contributed by atoms with Crippen molar-refractivity contribution in [3.8, 4) is 17.2 Å². The molecule has 0 atom stereocenters. The topological polar surface area (TPSA) is 78.3 Å². The first-order valence-electron chi connectivity index (χ1n) is 9.98. The van der Waals surface area contributed by atoms with E-state index >= 15 is 0 Å². The van der Waals surface area contributed by atoms with Crippen molar-refractivity contribution in [1.29, 1.82) is 0 Å². The van der Waals surface area contributed by atoms with Crippen LogP contribution >= 0.6 is 11.8 Å². The molecule has 0 saturated carbocycles. The predicted octanol–water partition coefficient (Wildman–Crippen LogP) is 4.94. The molecule has 32 heavy (non-hydrogen) atoms. The molecule has 7 nitrogen and oxygen atoms in total. The van der Waals surface area contributed by atoms with Gasteiger partial charge in [0.05, 0.1) is 11.4 Å². The van der Waals surface area contributed by atoms with E-state index in [4.69, 9.17) is 9.47 Å². The molecule has 4 rings (SSSR count). The van der Waals surface area contributed by atoms with E-state index in [0.29, 0.717) is 34.8 Å². The molecule has 3 aromatic carbocycles. The van der Waals surface area contributed by atoms with Gasteiger partial charge in [-0.15, -0.1) is 10.2 Å². The van der Waals surface area contributed by atoms with Crippen LogP contribution < -0.4 is 10.1 Å². The van der Waals surface area contributed by atoms with Gasteiger partial charge in [-0.25, -0.2) is 0 Å². The van der Waals surface area contributed by atoms with Gasteiger partial charge in [0.15, 0.2) is 16.7 Å². The number of para-hydroxylation sites is 4. The van der Waals surface area contributed by atoms with Crippen LogP contribution in [0.3, 0.4) is 0 Å². The Kier molecular flexibility index (Phi) is 7.16. The van der Waals surface area contributed by atoms with Crippen molar-refractivity contribution in [3.63, 3.8) is 0 Å². The summed E-state index contributed by atoms with van der Waals surface area (Å²) in [6, 6.07) is 26.5. The number of carbonyl (C=O) groups is 1. The number of nitrogens with one attached hydrogen (secondary N) is 1. The number of thioether (sulfide) groups is 1. The molecule has 0 aliphatic carbocycles. The lowest BCUT2D eigenvalue weighted by Crippen LogP contribution is -2.15. The second-order valence-corrected chi connectivity index (χ2v) is 7.69. The highest BCUT2D eigenvalue weighted by molar-refractivity contribution is 7.99. The fourth-order valence-electron chi connectivity index (χ4n) is 3.04. The molecule has 0 spiro atoms. The number of ether oxygens (including phenoxy) is 2. The van der Waals surface area contributed by atoms with E-state index < -0.39 is 0 Å². The van der Waals surface area contributed by atoms with Crippen LogP contribution in [0.4, 0.5) is 5.69 Å². The van der Waals surface area contributed by atoms with Crippen molar-refractivity contribution in [1.82, 2.24) is 14.8 Å². The van der Waals surface area contributed by atoms with Gasteiger partial charge in [-0.2, -0.15) is 0 Å². The Balaban J connectivity index is 1.46. The summed E-state index contributed by atoms with van der Waals surface area (Å²) in [5, 5.41) is 12.0. The van der Waals surface area contributed by atoms with Crippen LogP contribution in [0.15, 0.2) is 90.1 Å². The van der Waals surface area contributed by atoms with Crippen LogP contribution in [0, 0.1) is 0 Å². The Hall–Kier alpha value is -3.62. The Morgan fingerprint density at radius 3 is 2.38 bits per heavy atom. The number of hydrogen-bond donors (Lipinski definition) is 1. The van der Waals surface area contributed by atoms with E-state index in [2.05, 4.69) is 15.5 Å². The van der Waals surface area contributed by atoms with Gasteiger partial charge in [-0.1, -0.05) is 60.3 Å². The Labute approximate surface area is 190 Å². The molecular weight excluding hydrogens is 424 g/mol. The average molecular weight is 447 g/mol. The van der Waals surface area contributed by atoms with E-state index in [1.807, 2.05) is 89.5 Å². The second kappa shape index (κ2) is 10.6. The maximum atomic E-state index is 12.7. The predicted molar refractivity (Wildman–Crippen MR) is 124 cm³/mol. The van der Waals surface area contributed by atoms with E-state index in [-0.39, 0.29) is 11.7 Å². The van der Waals surface area contributed by atoms with Crippen molar-refractivity contribution in [2.45, 2.75) is 11.8 Å². The maximum absolute atomic E-state index is 12.7. The third-order valence-electron chi connectivity index (χ3n) is 4.45. The number of benzene rings is 3. The molecule has 1 heterocycles. The summed E-state index contributed by atoms with van der Waals surface area (Å²) in [7, 11) is 1.61. The molecule has 1 amide bonds. The molecule has 0 saturated heterocycles. The molecule has 0 bridgehead atoms. The number of carbonyl (C=O) groups excluding carboxylic acids is 1. The maximum Gasteiger partial charge on any atom is 0.234 e. The van der Waals surface area contributed by atoms with Crippen LogP contribution in [0.2, 0.25) is 0 Å². The molecule has 0 aliphatic rings. The summed E-state index contributed by atoms with van der Waals surface area (Å²) >= 11 is 1.31. The summed E-state index contributed by atoms with van der Waals surface area (Å²) in [4.78, 5) is 12.7. The standard InChI is InChI=1S/C24H22N4O3S/c1-30-16-22-26-27-24(28(22)18-10-4-2-5-11-18)32-17-23(29)25-20-14-8-9-15-21(20)31-19-12-6-3-7-13-19/h2-15H,16-17H2,1H3,(H,25,29). The van der Waals surface area contributed by atoms with Crippen molar-refractivity contribution in [2.75, 3.05) is 18.2 Å². The molecule has 0 aliphatic heterocycles. The number of rotatable bonds is 9. The summed E-state index contributed by atoms with van der Waals surface area (Å²) in [6.07, 6.45) is 0. The third kappa shape index (κ3) is 5.35. The highest BCUT2D eigenvalue weighted by Crippen LogP contribution is 2.29. The fourth-order valence-corrected chi connectivity index (χ4v) is 3.81. The molecule has 1 aromatic heterocycles. The van der Waals surface area contributed by atoms with E-state index in [1.54, 1.807) is 7.11 Å². The van der Waals surface area contributed by atoms with Gasteiger partial charge in [0, 0.05) is 12.8 Å². The van der Waals surface area contributed by atoms with E-state index in [1.165, 1.54) is 11.8 Å². The van der Waals surface area contributed by atoms with Crippen LogP contribution in [0.5, 0.6) is 11.5 Å². The molecule has 1 N–H and O–H groups in total. The number of nitrogens with zero attached hydrogens (tertiary/aromatic N) is 3. The lowest BCUT2D eigenvalue weighted by molar-refractivity contribution is -0.113. The zero-order chi connectivity index (χ0) is 22.2. The average Bonchev–Trinajstić information content (AvgIpc) is 3.23. The van der Waals surface area contributed by atoms with Gasteiger partial charge < -0.3 is 14.8 Å². The molecule has 0 radical (unpaired) electrons. The molecule has 0 fully saturated rings. The quantitative estimate of drug-likeness (QED) is 0.367. The minimum atomic E-state index is -0.171. The number of amides is 1. The van der Waals surface area contributed by atoms with Crippen LogP contribution in [0.1, 0.15) is 5.82 Å². The summed E-state index contributed by atoms with van der Waals surface area (Å²) in [6.45, 7) is 0.318. The number of methoxy groups -OCH3 is 1. The van der Waals surface area contributed by atoms with Gasteiger partial charge in [-0.05, 0) is 36.4 Å². The lowest BCUT2D eigenvalue weighted by Gasteiger charge is -2.12. The van der Waals surface area contributed by atoms with Crippen molar-refractivity contribution in [2.24, 2.45) is 0 Å². The minimum Gasteiger partial charge on any atom is -0.455 e. The first-order chi connectivity index (χ1) is 15.7. The first-order valence-corrected chi connectivity index (χ1v) is 11.0. The highest BCUT2D eigenvalue weighted by atomic mass is 32.2. The lowest BCUT2D eigenvalue weighted by atomic mass is 10.3. The molecule has 4 aromatic rings. The minimum absolute atomic E-state index is 0.164. The van der Waals surface area contributed by atoms with Gasteiger partial charge in [0.25, 0.3) is 0 Å². The first kappa shape index (κ1) is 21.6. The second-order valence-electron chi connectivity index (χ2n) is 6.75. The van der Waals surface area contributed by atoms with E-state index in [9.17, 15) is 4.79 Å². The van der Waals surface area contributed by atoms with Gasteiger partial charge in [0.2, 0.25) is 5.91 Å². The fraction of sp³-hybridized carbons (Fsp3) is 0.125. The molecule has 8 heteroatoms. The highest BCUT2D eigenvalue weighted by Gasteiger charge is 2.16. The number of hydrogen-bond acceptors (Lipinski definition) is 6. The summed E-state index contributed by atoms with van der Waals surface area (Å²) in [5.41, 5.74) is 1.51. The smallest absolute Gasteiger partial charge is 0.234 e. The van der Waals surface area contributed by atoms with Crippen LogP contribution in [0.25, 0.3) is 5.69 Å². The molecule has 0 unspecified atom stereocenters. The summed E-state index contributed by atoms with van der Waals surface area (Å²) in [5.74, 6) is 1.94. The van der Waals surface area contributed by atoms with Crippen LogP contribution in [-0.4, -0.2) is 33.5 Å². The number of anilines is 1. The Morgan fingerprint density at radius 1 is 0.938 bits per heavy atom. The van der Waals surface area contributed by atoms with Gasteiger partial charge in [0.1, 0.15) is 12.4 Å². The molecular formula is C24H22N4O3S. The van der Waals surface area contributed by atoms with Crippen LogP contribution in [-0.2, 0) is 16.1 Å². The monoisotopic (exact) mass is 446 g/mol. The zero-order valence-electron chi connectivity index (χ0n) is 17.5. The largest absolute Gasteiger partial charge is 0.455 e. The zero-order valence-corrected chi connectivity index (χ0v) is 18.3. The normalized spacial score (nSPS) is 10.7. The van der Waals surface area contributed by atoms with Crippen molar-refractivity contribution in [3.05, 3.63) is 90.8 Å². The van der Waals surface area contributed by atoms with Gasteiger partial charge in [-0.3, -0.25) is 9.36 Å². The van der Waals surface area contributed by atoms with Crippen molar-refractivity contribution >= 4 is 23.4 Å².